The van der Waals surface area contributed by atoms with E-state index in [-0.39, 0.29) is 6.04 Å². The molecule has 3 rings (SSSR count). The highest BCUT2D eigenvalue weighted by Gasteiger charge is 2.19. The second kappa shape index (κ2) is 4.98. The number of aromatic nitrogens is 1. The molecule has 0 amide bonds. The van der Waals surface area contributed by atoms with Crippen LogP contribution in [0.25, 0.3) is 11.0 Å². The molecule has 1 atom stereocenters. The maximum absolute atomic E-state index is 6.00. The second-order valence-electron chi connectivity index (χ2n) is 4.90. The van der Waals surface area contributed by atoms with Gasteiger partial charge in [-0.3, -0.25) is 0 Å². The summed E-state index contributed by atoms with van der Waals surface area (Å²) in [5.41, 5.74) is 8.89. The van der Waals surface area contributed by atoms with Crippen molar-refractivity contribution in [3.05, 3.63) is 59.5 Å². The molecule has 0 aliphatic carbocycles. The lowest BCUT2D eigenvalue weighted by molar-refractivity contribution is 0.491. The minimum absolute atomic E-state index is 0.102. The van der Waals surface area contributed by atoms with Crippen LogP contribution in [0.4, 0.5) is 5.82 Å². The van der Waals surface area contributed by atoms with Gasteiger partial charge in [0.15, 0.2) is 0 Å². The van der Waals surface area contributed by atoms with Gasteiger partial charge in [0.05, 0.1) is 6.04 Å². The largest absolute Gasteiger partial charge is 0.459 e. The second-order valence-corrected chi connectivity index (χ2v) is 4.90. The van der Waals surface area contributed by atoms with Crippen molar-refractivity contribution < 1.29 is 4.42 Å². The molecule has 0 aliphatic rings. The van der Waals surface area contributed by atoms with Crippen molar-refractivity contribution in [3.8, 4) is 0 Å². The number of furan rings is 1. The van der Waals surface area contributed by atoms with Crippen LogP contribution in [0.1, 0.15) is 22.9 Å². The minimum atomic E-state index is -0.102. The molecule has 2 heterocycles. The fourth-order valence-electron chi connectivity index (χ4n) is 2.43. The number of hydrogen-bond acceptors (Lipinski definition) is 4. The Bertz CT molecular complexity index is 715. The summed E-state index contributed by atoms with van der Waals surface area (Å²) in [6.07, 6.45) is 1.77. The van der Waals surface area contributed by atoms with Gasteiger partial charge in [-0.2, -0.15) is 0 Å². The van der Waals surface area contributed by atoms with Crippen LogP contribution in [0, 0.1) is 6.92 Å². The zero-order valence-electron chi connectivity index (χ0n) is 11.6. The third-order valence-electron chi connectivity index (χ3n) is 3.41. The van der Waals surface area contributed by atoms with E-state index in [1.54, 1.807) is 6.20 Å². The SMILES string of the molecule is CNC(c1cc2ccccc2o1)c1cc(C)cnc1N. The number of anilines is 1. The van der Waals surface area contributed by atoms with Crippen molar-refractivity contribution in [2.75, 3.05) is 12.8 Å². The molecule has 0 bridgehead atoms. The normalized spacial score (nSPS) is 12.7. The number of nitrogens with zero attached hydrogens (tertiary/aromatic N) is 1. The lowest BCUT2D eigenvalue weighted by Crippen LogP contribution is -2.19. The number of aryl methyl sites for hydroxylation is 1. The topological polar surface area (TPSA) is 64.1 Å². The molecule has 102 valence electrons. The summed E-state index contributed by atoms with van der Waals surface area (Å²) in [4.78, 5) is 4.22. The van der Waals surface area contributed by atoms with E-state index in [1.807, 2.05) is 50.4 Å². The molecule has 0 spiro atoms. The summed E-state index contributed by atoms with van der Waals surface area (Å²) in [5.74, 6) is 1.36. The lowest BCUT2D eigenvalue weighted by atomic mass is 10.0. The molecule has 4 heteroatoms. The van der Waals surface area contributed by atoms with Crippen molar-refractivity contribution in [1.29, 1.82) is 0 Å². The summed E-state index contributed by atoms with van der Waals surface area (Å²) >= 11 is 0. The van der Waals surface area contributed by atoms with Crippen LogP contribution >= 0.6 is 0 Å². The molecular weight excluding hydrogens is 250 g/mol. The van der Waals surface area contributed by atoms with Crippen molar-refractivity contribution >= 4 is 16.8 Å². The van der Waals surface area contributed by atoms with Gasteiger partial charge in [-0.25, -0.2) is 4.98 Å². The highest BCUT2D eigenvalue weighted by Crippen LogP contribution is 2.30. The highest BCUT2D eigenvalue weighted by atomic mass is 16.3. The fourth-order valence-corrected chi connectivity index (χ4v) is 2.43. The first-order valence-corrected chi connectivity index (χ1v) is 6.57. The molecule has 0 saturated heterocycles. The van der Waals surface area contributed by atoms with Crippen LogP contribution in [0.2, 0.25) is 0 Å². The third-order valence-corrected chi connectivity index (χ3v) is 3.41. The Morgan fingerprint density at radius 3 is 2.80 bits per heavy atom. The highest BCUT2D eigenvalue weighted by molar-refractivity contribution is 5.78. The van der Waals surface area contributed by atoms with Crippen LogP contribution in [0.15, 0.2) is 47.0 Å². The van der Waals surface area contributed by atoms with E-state index in [0.29, 0.717) is 5.82 Å². The van der Waals surface area contributed by atoms with Crippen LogP contribution in [-0.2, 0) is 0 Å². The third kappa shape index (κ3) is 2.14. The van der Waals surface area contributed by atoms with E-state index in [9.17, 15) is 0 Å². The van der Waals surface area contributed by atoms with Crippen LogP contribution in [-0.4, -0.2) is 12.0 Å². The molecular formula is C16H17N3O. The van der Waals surface area contributed by atoms with E-state index in [1.165, 1.54) is 0 Å². The van der Waals surface area contributed by atoms with Gasteiger partial charge in [-0.15, -0.1) is 0 Å². The van der Waals surface area contributed by atoms with Gasteiger partial charge in [-0.1, -0.05) is 18.2 Å². The van der Waals surface area contributed by atoms with Crippen molar-refractivity contribution in [3.63, 3.8) is 0 Å². The van der Waals surface area contributed by atoms with E-state index >= 15 is 0 Å². The van der Waals surface area contributed by atoms with E-state index in [0.717, 1.165) is 27.9 Å². The number of para-hydroxylation sites is 1. The first kappa shape index (κ1) is 12.7. The molecule has 0 radical (unpaired) electrons. The average molecular weight is 267 g/mol. The molecule has 3 N–H and O–H groups in total. The lowest BCUT2D eigenvalue weighted by Gasteiger charge is -2.16. The van der Waals surface area contributed by atoms with Crippen molar-refractivity contribution in [1.82, 2.24) is 10.3 Å². The van der Waals surface area contributed by atoms with Gasteiger partial charge in [0.1, 0.15) is 17.2 Å². The van der Waals surface area contributed by atoms with Gasteiger partial charge in [0.25, 0.3) is 0 Å². The predicted octanol–water partition coefficient (Wildman–Crippen LogP) is 3.03. The van der Waals surface area contributed by atoms with Gasteiger partial charge < -0.3 is 15.5 Å². The Labute approximate surface area is 117 Å². The van der Waals surface area contributed by atoms with E-state index < -0.39 is 0 Å². The van der Waals surface area contributed by atoms with Crippen LogP contribution in [0.5, 0.6) is 0 Å². The molecule has 0 aliphatic heterocycles. The van der Waals surface area contributed by atoms with Gasteiger partial charge in [0, 0.05) is 17.1 Å². The summed E-state index contributed by atoms with van der Waals surface area (Å²) in [5, 5.41) is 4.34. The van der Waals surface area contributed by atoms with Gasteiger partial charge in [-0.05, 0) is 37.7 Å². The predicted molar refractivity (Wildman–Crippen MR) is 80.5 cm³/mol. The molecule has 0 fully saturated rings. The number of benzene rings is 1. The Morgan fingerprint density at radius 2 is 2.05 bits per heavy atom. The standard InChI is InChI=1S/C16H17N3O/c1-10-7-12(16(17)19-9-10)15(18-2)14-8-11-5-3-4-6-13(11)20-14/h3-9,15,18H,1-2H3,(H2,17,19). The maximum Gasteiger partial charge on any atom is 0.134 e. The molecule has 1 aromatic carbocycles. The summed E-state index contributed by atoms with van der Waals surface area (Å²) < 4.78 is 5.92. The first-order valence-electron chi connectivity index (χ1n) is 6.57. The Hall–Kier alpha value is -2.33. The molecule has 1 unspecified atom stereocenters. The maximum atomic E-state index is 6.00. The van der Waals surface area contributed by atoms with Gasteiger partial charge >= 0.3 is 0 Å². The smallest absolute Gasteiger partial charge is 0.134 e. The minimum Gasteiger partial charge on any atom is -0.459 e. The molecule has 2 aromatic heterocycles. The zero-order chi connectivity index (χ0) is 14.1. The van der Waals surface area contributed by atoms with Crippen molar-refractivity contribution in [2.45, 2.75) is 13.0 Å². The number of nitrogen functional groups attached to an aromatic ring is 1. The number of nitrogens with two attached hydrogens (primary N) is 1. The Kier molecular flexibility index (Phi) is 3.16. The Morgan fingerprint density at radius 1 is 1.25 bits per heavy atom. The monoisotopic (exact) mass is 267 g/mol. The summed E-state index contributed by atoms with van der Waals surface area (Å²) in [6.45, 7) is 2.00. The number of pyridine rings is 1. The number of fused-ring (bicyclic) bond motifs is 1. The molecule has 4 nitrogen and oxygen atoms in total. The average Bonchev–Trinajstić information content (AvgIpc) is 2.87. The summed E-state index contributed by atoms with van der Waals surface area (Å²) in [7, 11) is 1.89. The number of hydrogen-bond donors (Lipinski definition) is 2. The van der Waals surface area contributed by atoms with Crippen molar-refractivity contribution in [2.24, 2.45) is 0 Å². The van der Waals surface area contributed by atoms with Gasteiger partial charge in [0.2, 0.25) is 0 Å². The quantitative estimate of drug-likeness (QED) is 0.765. The van der Waals surface area contributed by atoms with Crippen LogP contribution < -0.4 is 11.1 Å². The van der Waals surface area contributed by atoms with E-state index in [4.69, 9.17) is 10.2 Å². The summed E-state index contributed by atoms with van der Waals surface area (Å²) in [6, 6.07) is 11.9. The number of rotatable bonds is 3. The number of nitrogens with one attached hydrogen (secondary N) is 1. The van der Waals surface area contributed by atoms with Crippen LogP contribution in [0.3, 0.4) is 0 Å². The Balaban J connectivity index is 2.11. The zero-order valence-corrected chi connectivity index (χ0v) is 11.6. The fraction of sp³-hybridized carbons (Fsp3) is 0.188. The molecule has 3 aromatic rings. The molecule has 20 heavy (non-hydrogen) atoms. The molecule has 0 saturated carbocycles. The van der Waals surface area contributed by atoms with E-state index in [2.05, 4.69) is 10.3 Å². The first-order chi connectivity index (χ1) is 9.69.